The SMILES string of the molecule is C[C@@H]1C(=O)NCCN1C(=O)NC(c1ccc(Cl)cc1)C1CCN(CC(F)(F)F)CC1. The molecule has 0 radical (unpaired) electrons. The van der Waals surface area contributed by atoms with Crippen molar-refractivity contribution in [3.8, 4) is 0 Å². The molecule has 2 heterocycles. The van der Waals surface area contributed by atoms with E-state index in [2.05, 4.69) is 10.6 Å². The fourth-order valence-electron chi connectivity index (χ4n) is 4.12. The summed E-state index contributed by atoms with van der Waals surface area (Å²) in [5.74, 6) is -0.228. The predicted octanol–water partition coefficient (Wildman–Crippen LogP) is 3.19. The molecular weight excluding hydrogens is 421 g/mol. The Morgan fingerprint density at radius 3 is 2.47 bits per heavy atom. The first-order chi connectivity index (χ1) is 14.1. The van der Waals surface area contributed by atoms with Gasteiger partial charge in [-0.2, -0.15) is 13.2 Å². The van der Waals surface area contributed by atoms with Gasteiger partial charge < -0.3 is 15.5 Å². The summed E-state index contributed by atoms with van der Waals surface area (Å²) in [5, 5.41) is 6.31. The highest BCUT2D eigenvalue weighted by Crippen LogP contribution is 2.33. The van der Waals surface area contributed by atoms with E-state index in [1.54, 1.807) is 19.1 Å². The van der Waals surface area contributed by atoms with Crippen molar-refractivity contribution in [2.75, 3.05) is 32.7 Å². The molecule has 2 aliphatic heterocycles. The number of carbonyl (C=O) groups excluding carboxylic acids is 2. The molecule has 10 heteroatoms. The minimum atomic E-state index is -4.22. The third-order valence-electron chi connectivity index (χ3n) is 5.77. The Labute approximate surface area is 178 Å². The van der Waals surface area contributed by atoms with Gasteiger partial charge in [-0.05, 0) is 56.5 Å². The molecule has 0 aromatic heterocycles. The second-order valence-corrected chi connectivity index (χ2v) is 8.30. The number of carbonyl (C=O) groups is 2. The van der Waals surface area contributed by atoms with Gasteiger partial charge in [-0.25, -0.2) is 4.79 Å². The van der Waals surface area contributed by atoms with Crippen molar-refractivity contribution < 1.29 is 22.8 Å². The highest BCUT2D eigenvalue weighted by molar-refractivity contribution is 6.30. The predicted molar refractivity (Wildman–Crippen MR) is 107 cm³/mol. The summed E-state index contributed by atoms with van der Waals surface area (Å²) in [7, 11) is 0. The lowest BCUT2D eigenvalue weighted by atomic mass is 9.85. The maximum Gasteiger partial charge on any atom is 0.401 e. The molecule has 2 aliphatic rings. The number of likely N-dealkylation sites (tertiary alicyclic amines) is 1. The molecule has 0 aliphatic carbocycles. The fraction of sp³-hybridized carbons (Fsp3) is 0.600. The van der Waals surface area contributed by atoms with Crippen LogP contribution in [-0.4, -0.2) is 66.7 Å². The van der Waals surface area contributed by atoms with Crippen LogP contribution in [0.2, 0.25) is 5.02 Å². The van der Waals surface area contributed by atoms with Crippen LogP contribution in [0.1, 0.15) is 31.4 Å². The Balaban J connectivity index is 1.72. The van der Waals surface area contributed by atoms with Gasteiger partial charge in [-0.3, -0.25) is 9.69 Å². The van der Waals surface area contributed by atoms with Gasteiger partial charge in [0.25, 0.3) is 0 Å². The van der Waals surface area contributed by atoms with E-state index in [1.165, 1.54) is 9.80 Å². The number of alkyl halides is 3. The molecule has 30 heavy (non-hydrogen) atoms. The summed E-state index contributed by atoms with van der Waals surface area (Å²) in [5.41, 5.74) is 0.844. The van der Waals surface area contributed by atoms with Gasteiger partial charge in [0.1, 0.15) is 6.04 Å². The molecule has 2 atom stereocenters. The highest BCUT2D eigenvalue weighted by Gasteiger charge is 2.36. The van der Waals surface area contributed by atoms with Crippen LogP contribution >= 0.6 is 11.6 Å². The van der Waals surface area contributed by atoms with Gasteiger partial charge in [0.05, 0.1) is 12.6 Å². The maximum absolute atomic E-state index is 12.9. The van der Waals surface area contributed by atoms with Gasteiger partial charge in [0, 0.05) is 18.1 Å². The van der Waals surface area contributed by atoms with Crippen molar-refractivity contribution >= 4 is 23.5 Å². The van der Waals surface area contributed by atoms with E-state index in [0.717, 1.165) is 5.56 Å². The van der Waals surface area contributed by atoms with Gasteiger partial charge in [0.15, 0.2) is 0 Å². The first-order valence-electron chi connectivity index (χ1n) is 10.0. The number of benzene rings is 1. The third kappa shape index (κ3) is 5.78. The van der Waals surface area contributed by atoms with Crippen LogP contribution < -0.4 is 10.6 Å². The molecule has 0 bridgehead atoms. The number of piperidine rings is 1. The zero-order valence-corrected chi connectivity index (χ0v) is 17.5. The minimum absolute atomic E-state index is 0.0199. The van der Waals surface area contributed by atoms with Gasteiger partial charge in [-0.1, -0.05) is 23.7 Å². The normalized spacial score (nSPS) is 22.5. The van der Waals surface area contributed by atoms with E-state index in [1.807, 2.05) is 12.1 Å². The molecule has 166 valence electrons. The number of halogens is 4. The monoisotopic (exact) mass is 446 g/mol. The van der Waals surface area contributed by atoms with E-state index in [0.29, 0.717) is 44.0 Å². The van der Waals surface area contributed by atoms with Gasteiger partial charge in [-0.15, -0.1) is 0 Å². The summed E-state index contributed by atoms with van der Waals surface area (Å²) in [6, 6.07) is 5.79. The Morgan fingerprint density at radius 1 is 1.23 bits per heavy atom. The molecule has 2 N–H and O–H groups in total. The lowest BCUT2D eigenvalue weighted by molar-refractivity contribution is -0.148. The van der Waals surface area contributed by atoms with Crippen molar-refractivity contribution in [1.82, 2.24) is 20.4 Å². The molecule has 0 spiro atoms. The van der Waals surface area contributed by atoms with Gasteiger partial charge >= 0.3 is 12.2 Å². The summed E-state index contributed by atoms with van der Waals surface area (Å²) in [6.07, 6.45) is -3.17. The zero-order valence-electron chi connectivity index (χ0n) is 16.7. The first kappa shape index (κ1) is 22.7. The van der Waals surface area contributed by atoms with Crippen molar-refractivity contribution in [2.45, 2.75) is 38.0 Å². The zero-order chi connectivity index (χ0) is 21.9. The molecule has 3 amide bonds. The lowest BCUT2D eigenvalue weighted by Crippen LogP contribution is -2.59. The van der Waals surface area contributed by atoms with E-state index >= 15 is 0 Å². The Morgan fingerprint density at radius 2 is 1.87 bits per heavy atom. The summed E-state index contributed by atoms with van der Waals surface area (Å²) in [6.45, 7) is 2.16. The number of nitrogens with one attached hydrogen (secondary N) is 2. The van der Waals surface area contributed by atoms with Crippen LogP contribution in [0.25, 0.3) is 0 Å². The minimum Gasteiger partial charge on any atom is -0.353 e. The Kier molecular flexibility index (Phi) is 7.13. The van der Waals surface area contributed by atoms with Crippen LogP contribution in [0.15, 0.2) is 24.3 Å². The molecule has 3 rings (SSSR count). The Bertz CT molecular complexity index is 751. The van der Waals surface area contributed by atoms with E-state index in [-0.39, 0.29) is 23.9 Å². The second-order valence-electron chi connectivity index (χ2n) is 7.87. The number of hydrogen-bond donors (Lipinski definition) is 2. The number of hydrogen-bond acceptors (Lipinski definition) is 3. The van der Waals surface area contributed by atoms with Crippen molar-refractivity contribution in [3.05, 3.63) is 34.9 Å². The lowest BCUT2D eigenvalue weighted by Gasteiger charge is -2.39. The van der Waals surface area contributed by atoms with Crippen molar-refractivity contribution in [3.63, 3.8) is 0 Å². The molecule has 1 unspecified atom stereocenters. The number of nitrogens with zero attached hydrogens (tertiary/aromatic N) is 2. The van der Waals surface area contributed by atoms with Gasteiger partial charge in [0.2, 0.25) is 5.91 Å². The summed E-state index contributed by atoms with van der Waals surface area (Å²) >= 11 is 5.99. The number of piperazine rings is 1. The topological polar surface area (TPSA) is 64.7 Å². The maximum atomic E-state index is 12.9. The van der Waals surface area contributed by atoms with Crippen molar-refractivity contribution in [2.24, 2.45) is 5.92 Å². The third-order valence-corrected chi connectivity index (χ3v) is 6.03. The molecule has 0 saturated carbocycles. The molecule has 1 aromatic rings. The average molecular weight is 447 g/mol. The highest BCUT2D eigenvalue weighted by atomic mass is 35.5. The first-order valence-corrected chi connectivity index (χ1v) is 10.4. The molecule has 1 aromatic carbocycles. The molecule has 6 nitrogen and oxygen atoms in total. The van der Waals surface area contributed by atoms with Crippen LogP contribution in [0.5, 0.6) is 0 Å². The van der Waals surface area contributed by atoms with E-state index in [4.69, 9.17) is 11.6 Å². The average Bonchev–Trinajstić information content (AvgIpc) is 2.68. The standard InChI is InChI=1S/C20H26ClF3N4O2/c1-13-18(29)25-8-11-28(13)19(30)26-17(14-2-4-16(21)5-3-14)15-6-9-27(10-7-15)12-20(22,23)24/h2-5,13,15,17H,6-12H2,1H3,(H,25,29)(H,26,30)/t13-,17?/m1/s1. The fourth-order valence-corrected chi connectivity index (χ4v) is 4.24. The van der Waals surface area contributed by atoms with E-state index in [9.17, 15) is 22.8 Å². The number of urea groups is 1. The smallest absolute Gasteiger partial charge is 0.353 e. The molecule has 2 fully saturated rings. The van der Waals surface area contributed by atoms with Crippen LogP contribution in [0.3, 0.4) is 0 Å². The molecular formula is C20H26ClF3N4O2. The second kappa shape index (κ2) is 9.43. The summed E-state index contributed by atoms with van der Waals surface area (Å²) < 4.78 is 38.1. The number of rotatable bonds is 4. The Hall–Kier alpha value is -2.00. The quantitative estimate of drug-likeness (QED) is 0.746. The molecule has 2 saturated heterocycles. The summed E-state index contributed by atoms with van der Waals surface area (Å²) in [4.78, 5) is 27.7. The van der Waals surface area contributed by atoms with Crippen LogP contribution in [-0.2, 0) is 4.79 Å². The van der Waals surface area contributed by atoms with Crippen LogP contribution in [0, 0.1) is 5.92 Å². The van der Waals surface area contributed by atoms with Crippen molar-refractivity contribution in [1.29, 1.82) is 0 Å². The van der Waals surface area contributed by atoms with Crippen LogP contribution in [0.4, 0.5) is 18.0 Å². The number of amides is 3. The largest absolute Gasteiger partial charge is 0.401 e. The van der Waals surface area contributed by atoms with E-state index < -0.39 is 18.8 Å².